The van der Waals surface area contributed by atoms with E-state index in [1.807, 2.05) is 19.0 Å². The molecule has 1 amide bonds. The summed E-state index contributed by atoms with van der Waals surface area (Å²) in [6.07, 6.45) is 1.47. The van der Waals surface area contributed by atoms with Gasteiger partial charge in [-0.1, -0.05) is 29.8 Å². The standard InChI is InChI=1S/C18H20ClN3O3/c1-22(2)16-9-8-12(11-20-16)18(24)21-15(10-17(23)25-3)13-6-4-5-7-14(13)19/h4-9,11,15H,10H2,1-3H3,(H,21,24). The van der Waals surface area contributed by atoms with Gasteiger partial charge in [-0.25, -0.2) is 4.98 Å². The van der Waals surface area contributed by atoms with Gasteiger partial charge in [0.1, 0.15) is 5.82 Å². The number of methoxy groups -OCH3 is 1. The van der Waals surface area contributed by atoms with Gasteiger partial charge >= 0.3 is 5.97 Å². The Kier molecular flexibility index (Phi) is 6.36. The fourth-order valence-electron chi connectivity index (χ4n) is 2.27. The Labute approximate surface area is 151 Å². The Bertz CT molecular complexity index is 747. The molecule has 0 spiro atoms. The van der Waals surface area contributed by atoms with Crippen molar-refractivity contribution in [1.29, 1.82) is 0 Å². The molecule has 1 aromatic heterocycles. The van der Waals surface area contributed by atoms with E-state index < -0.39 is 12.0 Å². The molecular formula is C18H20ClN3O3. The number of esters is 1. The molecule has 1 N–H and O–H groups in total. The third-order valence-electron chi connectivity index (χ3n) is 3.65. The smallest absolute Gasteiger partial charge is 0.307 e. The van der Waals surface area contributed by atoms with Crippen molar-refractivity contribution in [2.45, 2.75) is 12.5 Å². The van der Waals surface area contributed by atoms with Crippen molar-refractivity contribution in [3.05, 3.63) is 58.7 Å². The quantitative estimate of drug-likeness (QED) is 0.801. The molecular weight excluding hydrogens is 342 g/mol. The van der Waals surface area contributed by atoms with Crippen molar-refractivity contribution >= 4 is 29.3 Å². The molecule has 0 aliphatic rings. The second-order valence-electron chi connectivity index (χ2n) is 5.63. The van der Waals surface area contributed by atoms with Gasteiger partial charge in [0.15, 0.2) is 0 Å². The topological polar surface area (TPSA) is 71.5 Å². The number of halogens is 1. The van der Waals surface area contributed by atoms with Crippen LogP contribution in [-0.2, 0) is 9.53 Å². The predicted molar refractivity (Wildman–Crippen MR) is 96.9 cm³/mol. The van der Waals surface area contributed by atoms with Crippen molar-refractivity contribution in [2.75, 3.05) is 26.1 Å². The number of amides is 1. The van der Waals surface area contributed by atoms with Gasteiger partial charge in [-0.15, -0.1) is 0 Å². The van der Waals surface area contributed by atoms with E-state index in [0.717, 1.165) is 5.82 Å². The molecule has 0 bridgehead atoms. The molecule has 0 radical (unpaired) electrons. The number of nitrogens with zero attached hydrogens (tertiary/aromatic N) is 2. The first-order chi connectivity index (χ1) is 11.9. The first-order valence-electron chi connectivity index (χ1n) is 7.68. The fourth-order valence-corrected chi connectivity index (χ4v) is 2.54. The first-order valence-corrected chi connectivity index (χ1v) is 8.05. The van der Waals surface area contributed by atoms with Crippen LogP contribution in [0.1, 0.15) is 28.4 Å². The maximum absolute atomic E-state index is 12.5. The van der Waals surface area contributed by atoms with Crippen LogP contribution in [0.25, 0.3) is 0 Å². The highest BCUT2D eigenvalue weighted by atomic mass is 35.5. The summed E-state index contributed by atoms with van der Waals surface area (Å²) in [5.41, 5.74) is 1.05. The maximum atomic E-state index is 12.5. The minimum absolute atomic E-state index is 0.0187. The summed E-state index contributed by atoms with van der Waals surface area (Å²) in [5, 5.41) is 3.30. The number of nitrogens with one attached hydrogen (secondary N) is 1. The van der Waals surface area contributed by atoms with Gasteiger partial charge in [-0.05, 0) is 23.8 Å². The number of benzene rings is 1. The molecule has 0 fully saturated rings. The van der Waals surface area contributed by atoms with Gasteiger partial charge in [-0.2, -0.15) is 0 Å². The van der Waals surface area contributed by atoms with Gasteiger partial charge in [0, 0.05) is 25.3 Å². The molecule has 2 rings (SSSR count). The third-order valence-corrected chi connectivity index (χ3v) is 4.00. The van der Waals surface area contributed by atoms with Crippen LogP contribution >= 0.6 is 11.6 Å². The van der Waals surface area contributed by atoms with Crippen LogP contribution in [0.3, 0.4) is 0 Å². The molecule has 1 heterocycles. The molecule has 0 aliphatic heterocycles. The van der Waals surface area contributed by atoms with Gasteiger partial charge in [-0.3, -0.25) is 9.59 Å². The normalized spacial score (nSPS) is 11.5. The first kappa shape index (κ1) is 18.7. The molecule has 7 heteroatoms. The molecule has 25 heavy (non-hydrogen) atoms. The average Bonchev–Trinajstić information content (AvgIpc) is 2.61. The Morgan fingerprint density at radius 1 is 1.24 bits per heavy atom. The molecule has 0 saturated carbocycles. The Morgan fingerprint density at radius 2 is 1.96 bits per heavy atom. The number of ether oxygens (including phenoxy) is 1. The summed E-state index contributed by atoms with van der Waals surface area (Å²) in [5.74, 6) is -0.0355. The monoisotopic (exact) mass is 361 g/mol. The number of aromatic nitrogens is 1. The van der Waals surface area contributed by atoms with Gasteiger partial charge < -0.3 is 15.0 Å². The van der Waals surface area contributed by atoms with Crippen LogP contribution in [-0.4, -0.2) is 38.1 Å². The van der Waals surface area contributed by atoms with E-state index in [4.69, 9.17) is 16.3 Å². The number of carbonyl (C=O) groups excluding carboxylic acids is 2. The van der Waals surface area contributed by atoms with Crippen LogP contribution in [0.15, 0.2) is 42.6 Å². The Hall–Kier alpha value is -2.60. The van der Waals surface area contributed by atoms with Gasteiger partial charge in [0.25, 0.3) is 5.91 Å². The number of anilines is 1. The highest BCUT2D eigenvalue weighted by molar-refractivity contribution is 6.31. The number of carbonyl (C=O) groups is 2. The van der Waals surface area contributed by atoms with Crippen molar-refractivity contribution < 1.29 is 14.3 Å². The van der Waals surface area contributed by atoms with Crippen LogP contribution in [0.4, 0.5) is 5.82 Å². The summed E-state index contributed by atoms with van der Waals surface area (Å²) in [7, 11) is 5.04. The SMILES string of the molecule is COC(=O)CC(NC(=O)c1ccc(N(C)C)nc1)c1ccccc1Cl. The Morgan fingerprint density at radius 3 is 2.52 bits per heavy atom. The molecule has 0 saturated heterocycles. The van der Waals surface area contributed by atoms with Crippen molar-refractivity contribution in [2.24, 2.45) is 0 Å². The van der Waals surface area contributed by atoms with Crippen LogP contribution in [0, 0.1) is 0 Å². The van der Waals surface area contributed by atoms with E-state index >= 15 is 0 Å². The summed E-state index contributed by atoms with van der Waals surface area (Å²) in [6.45, 7) is 0. The molecule has 1 atom stereocenters. The number of hydrogen-bond acceptors (Lipinski definition) is 5. The lowest BCUT2D eigenvalue weighted by Gasteiger charge is -2.19. The summed E-state index contributed by atoms with van der Waals surface area (Å²) in [4.78, 5) is 30.3. The molecule has 132 valence electrons. The van der Waals surface area contributed by atoms with E-state index in [9.17, 15) is 9.59 Å². The summed E-state index contributed by atoms with van der Waals surface area (Å²) < 4.78 is 4.72. The molecule has 6 nitrogen and oxygen atoms in total. The lowest BCUT2D eigenvalue weighted by atomic mass is 10.0. The second-order valence-corrected chi connectivity index (χ2v) is 6.03. The van der Waals surface area contributed by atoms with E-state index in [-0.39, 0.29) is 12.3 Å². The Balaban J connectivity index is 2.22. The maximum Gasteiger partial charge on any atom is 0.307 e. The van der Waals surface area contributed by atoms with Crippen LogP contribution in [0.5, 0.6) is 0 Å². The lowest BCUT2D eigenvalue weighted by molar-refractivity contribution is -0.141. The molecule has 2 aromatic rings. The predicted octanol–water partition coefficient (Wildman–Crippen LogP) is 2.84. The number of hydrogen-bond donors (Lipinski definition) is 1. The minimum atomic E-state index is -0.595. The van der Waals surface area contributed by atoms with E-state index in [1.54, 1.807) is 36.4 Å². The molecule has 1 unspecified atom stereocenters. The van der Waals surface area contributed by atoms with E-state index in [1.165, 1.54) is 13.3 Å². The van der Waals surface area contributed by atoms with Crippen molar-refractivity contribution in [1.82, 2.24) is 10.3 Å². The highest BCUT2D eigenvalue weighted by Crippen LogP contribution is 2.26. The lowest BCUT2D eigenvalue weighted by Crippen LogP contribution is -2.30. The number of pyridine rings is 1. The minimum Gasteiger partial charge on any atom is -0.469 e. The molecule has 0 aliphatic carbocycles. The zero-order chi connectivity index (χ0) is 18.4. The van der Waals surface area contributed by atoms with Gasteiger partial charge in [0.05, 0.1) is 25.1 Å². The van der Waals surface area contributed by atoms with Gasteiger partial charge in [0.2, 0.25) is 0 Å². The van der Waals surface area contributed by atoms with E-state index in [2.05, 4.69) is 10.3 Å². The zero-order valence-corrected chi connectivity index (χ0v) is 15.1. The largest absolute Gasteiger partial charge is 0.469 e. The highest BCUT2D eigenvalue weighted by Gasteiger charge is 2.21. The van der Waals surface area contributed by atoms with Crippen molar-refractivity contribution in [3.63, 3.8) is 0 Å². The molecule has 1 aromatic carbocycles. The zero-order valence-electron chi connectivity index (χ0n) is 14.3. The summed E-state index contributed by atoms with van der Waals surface area (Å²) in [6, 6.07) is 9.89. The number of rotatable bonds is 6. The summed E-state index contributed by atoms with van der Waals surface area (Å²) >= 11 is 6.21. The van der Waals surface area contributed by atoms with Crippen LogP contribution < -0.4 is 10.2 Å². The third kappa shape index (κ3) is 4.93. The van der Waals surface area contributed by atoms with Crippen molar-refractivity contribution in [3.8, 4) is 0 Å². The second kappa shape index (κ2) is 8.48. The average molecular weight is 362 g/mol. The van der Waals surface area contributed by atoms with E-state index in [0.29, 0.717) is 16.1 Å². The van der Waals surface area contributed by atoms with Crippen LogP contribution in [0.2, 0.25) is 5.02 Å². The fraction of sp³-hybridized carbons (Fsp3) is 0.278.